The summed E-state index contributed by atoms with van der Waals surface area (Å²) >= 11 is -1.54. The Balaban J connectivity index is 1.69. The molecule has 1 unspecified atom stereocenters. The fourth-order valence-corrected chi connectivity index (χ4v) is 4.31. The predicted octanol–water partition coefficient (Wildman–Crippen LogP) is 2.82. The molecule has 1 N–H and O–H groups in total. The van der Waals surface area contributed by atoms with Gasteiger partial charge in [-0.15, -0.1) is 0 Å². The van der Waals surface area contributed by atoms with E-state index in [2.05, 4.69) is 9.71 Å². The summed E-state index contributed by atoms with van der Waals surface area (Å²) in [4.78, 5) is 16.5. The van der Waals surface area contributed by atoms with Crippen molar-refractivity contribution < 1.29 is 13.3 Å². The highest BCUT2D eigenvalue weighted by Crippen LogP contribution is 2.34. The average molecular weight is 427 g/mol. The molecule has 10 heteroatoms. The molecule has 0 spiro atoms. The number of anilines is 1. The second-order valence-corrected chi connectivity index (χ2v) is 8.06. The lowest BCUT2D eigenvalue weighted by molar-refractivity contribution is 0.441. The fourth-order valence-electron chi connectivity index (χ4n) is 3.24. The summed E-state index contributed by atoms with van der Waals surface area (Å²) in [6.45, 7) is 1.37. The van der Waals surface area contributed by atoms with Gasteiger partial charge in [-0.3, -0.25) is 9.52 Å². The molecule has 0 saturated carbocycles. The first-order valence-corrected chi connectivity index (χ1v) is 10.4. The van der Waals surface area contributed by atoms with Gasteiger partial charge in [-0.1, -0.05) is 0 Å². The molecule has 1 aromatic heterocycles. The molecule has 2 aromatic carbocycles. The summed E-state index contributed by atoms with van der Waals surface area (Å²) in [6.07, 6.45) is 3.31. The molecule has 2 heterocycles. The van der Waals surface area contributed by atoms with Crippen molar-refractivity contribution in [2.45, 2.75) is 12.8 Å². The van der Waals surface area contributed by atoms with Crippen LogP contribution in [0.5, 0.6) is 11.5 Å². The van der Waals surface area contributed by atoms with Crippen LogP contribution < -0.4 is 15.0 Å². The standard InChI is InChI=1S/C20H18FN5O3S/c1-25-12-23-17-6-4-13(10-14(17)20(25)27)29-19-15(11-22)18(7-5-16(19)21)24-30(28)26-8-2-3-9-26/h4-7,10,12,24H,2-3,8-9H2,1H3. The van der Waals surface area contributed by atoms with Crippen molar-refractivity contribution in [2.75, 3.05) is 17.8 Å². The first kappa shape index (κ1) is 20.0. The summed E-state index contributed by atoms with van der Waals surface area (Å²) in [5.41, 5.74) is 0.296. The highest BCUT2D eigenvalue weighted by Gasteiger charge is 2.22. The van der Waals surface area contributed by atoms with Gasteiger partial charge in [-0.2, -0.15) is 5.26 Å². The van der Waals surface area contributed by atoms with E-state index >= 15 is 0 Å². The molecule has 154 valence electrons. The third kappa shape index (κ3) is 3.77. The molecule has 1 aliphatic heterocycles. The highest BCUT2D eigenvalue weighted by molar-refractivity contribution is 7.84. The number of benzene rings is 2. The molecule has 8 nitrogen and oxygen atoms in total. The third-order valence-corrected chi connectivity index (χ3v) is 6.06. The number of halogens is 1. The van der Waals surface area contributed by atoms with Crippen LogP contribution in [0.1, 0.15) is 18.4 Å². The van der Waals surface area contributed by atoms with Crippen LogP contribution in [0.25, 0.3) is 10.9 Å². The van der Waals surface area contributed by atoms with Crippen molar-refractivity contribution in [1.82, 2.24) is 13.9 Å². The number of nitriles is 1. The van der Waals surface area contributed by atoms with Crippen molar-refractivity contribution in [3.8, 4) is 17.6 Å². The summed E-state index contributed by atoms with van der Waals surface area (Å²) in [6, 6.07) is 8.99. The Morgan fingerprint density at radius 3 is 2.77 bits per heavy atom. The van der Waals surface area contributed by atoms with Gasteiger partial charge in [-0.25, -0.2) is 17.9 Å². The molecule has 1 saturated heterocycles. The summed E-state index contributed by atoms with van der Waals surface area (Å²) in [5, 5.41) is 9.93. The van der Waals surface area contributed by atoms with E-state index in [9.17, 15) is 18.7 Å². The van der Waals surface area contributed by atoms with Crippen LogP contribution in [0.4, 0.5) is 10.1 Å². The maximum Gasteiger partial charge on any atom is 0.261 e. The van der Waals surface area contributed by atoms with Crippen molar-refractivity contribution in [3.63, 3.8) is 0 Å². The average Bonchev–Trinajstić information content (AvgIpc) is 3.29. The van der Waals surface area contributed by atoms with E-state index in [-0.39, 0.29) is 28.3 Å². The second-order valence-electron chi connectivity index (χ2n) is 6.84. The van der Waals surface area contributed by atoms with Crippen LogP contribution in [0, 0.1) is 17.1 Å². The van der Waals surface area contributed by atoms with Crippen LogP contribution in [0.15, 0.2) is 41.5 Å². The molecule has 0 amide bonds. The largest absolute Gasteiger partial charge is 0.453 e. The molecular weight excluding hydrogens is 409 g/mol. The van der Waals surface area contributed by atoms with E-state index in [1.807, 2.05) is 6.07 Å². The summed E-state index contributed by atoms with van der Waals surface area (Å²) < 4.78 is 38.5. The number of rotatable bonds is 5. The smallest absolute Gasteiger partial charge is 0.261 e. The zero-order valence-corrected chi connectivity index (χ0v) is 16.9. The van der Waals surface area contributed by atoms with Gasteiger partial charge in [0, 0.05) is 20.1 Å². The Morgan fingerprint density at radius 2 is 2.03 bits per heavy atom. The first-order chi connectivity index (χ1) is 14.5. The zero-order valence-electron chi connectivity index (χ0n) is 16.1. The molecule has 1 atom stereocenters. The van der Waals surface area contributed by atoms with Crippen LogP contribution in [0.2, 0.25) is 0 Å². The minimum Gasteiger partial charge on any atom is -0.453 e. The van der Waals surface area contributed by atoms with Gasteiger partial charge in [0.1, 0.15) is 17.4 Å². The Bertz CT molecular complexity index is 1250. The van der Waals surface area contributed by atoms with E-state index in [1.165, 1.54) is 29.1 Å². The molecule has 30 heavy (non-hydrogen) atoms. The third-order valence-electron chi connectivity index (χ3n) is 4.83. The van der Waals surface area contributed by atoms with E-state index in [4.69, 9.17) is 4.74 Å². The van der Waals surface area contributed by atoms with Crippen LogP contribution in [-0.4, -0.2) is 31.2 Å². The predicted molar refractivity (Wildman–Crippen MR) is 111 cm³/mol. The topological polar surface area (TPSA) is 100 Å². The molecule has 3 aromatic rings. The summed E-state index contributed by atoms with van der Waals surface area (Å²) in [7, 11) is 1.57. The number of nitrogens with one attached hydrogen (secondary N) is 1. The normalized spacial score (nSPS) is 15.1. The number of aromatic nitrogens is 2. The minimum absolute atomic E-state index is 0.110. The van der Waals surface area contributed by atoms with Gasteiger partial charge < -0.3 is 9.30 Å². The summed E-state index contributed by atoms with van der Waals surface area (Å²) in [5.74, 6) is -0.870. The molecule has 0 radical (unpaired) electrons. The zero-order chi connectivity index (χ0) is 21.3. The van der Waals surface area contributed by atoms with Gasteiger partial charge in [-0.05, 0) is 43.2 Å². The first-order valence-electron chi connectivity index (χ1n) is 9.27. The maximum absolute atomic E-state index is 14.5. The second kappa shape index (κ2) is 8.22. The van der Waals surface area contributed by atoms with Crippen molar-refractivity contribution in [3.05, 3.63) is 58.4 Å². The van der Waals surface area contributed by atoms with Gasteiger partial charge in [0.2, 0.25) is 0 Å². The SMILES string of the molecule is Cn1cnc2ccc(Oc3c(F)ccc(NS(=O)N4CCCC4)c3C#N)cc2c1=O. The Kier molecular flexibility index (Phi) is 5.48. The van der Waals surface area contributed by atoms with Crippen molar-refractivity contribution in [2.24, 2.45) is 7.05 Å². The lowest BCUT2D eigenvalue weighted by atomic mass is 10.1. The molecule has 1 fully saturated rings. The van der Waals surface area contributed by atoms with Crippen LogP contribution in [0.3, 0.4) is 0 Å². The van der Waals surface area contributed by atoms with E-state index in [1.54, 1.807) is 17.4 Å². The number of ether oxygens (including phenoxy) is 1. The van der Waals surface area contributed by atoms with Gasteiger partial charge in [0.25, 0.3) is 5.56 Å². The minimum atomic E-state index is -1.54. The molecule has 1 aliphatic rings. The van der Waals surface area contributed by atoms with Crippen molar-refractivity contribution >= 4 is 27.8 Å². The maximum atomic E-state index is 14.5. The van der Waals surface area contributed by atoms with Gasteiger partial charge in [0.15, 0.2) is 22.7 Å². The number of nitrogens with zero attached hydrogens (tertiary/aromatic N) is 4. The Morgan fingerprint density at radius 1 is 1.27 bits per heavy atom. The number of aryl methyl sites for hydroxylation is 1. The highest BCUT2D eigenvalue weighted by atomic mass is 32.2. The molecule has 4 rings (SSSR count). The van der Waals surface area contributed by atoms with E-state index in [0.29, 0.717) is 24.0 Å². The quantitative estimate of drug-likeness (QED) is 0.675. The molecule has 0 bridgehead atoms. The lowest BCUT2D eigenvalue weighted by Gasteiger charge is -2.17. The Labute approximate surface area is 174 Å². The van der Waals surface area contributed by atoms with Crippen LogP contribution in [-0.2, 0) is 18.2 Å². The Hall–Kier alpha value is -3.29. The lowest BCUT2D eigenvalue weighted by Crippen LogP contribution is -2.27. The molecular formula is C20H18FN5O3S. The van der Waals surface area contributed by atoms with E-state index < -0.39 is 17.0 Å². The fraction of sp³-hybridized carbons (Fsp3) is 0.250. The molecule has 0 aliphatic carbocycles. The number of hydrogen-bond acceptors (Lipinski definition) is 5. The van der Waals surface area contributed by atoms with E-state index in [0.717, 1.165) is 18.9 Å². The van der Waals surface area contributed by atoms with Gasteiger partial charge in [0.05, 0.1) is 22.9 Å². The van der Waals surface area contributed by atoms with Gasteiger partial charge >= 0.3 is 0 Å². The monoisotopic (exact) mass is 427 g/mol. The number of fused-ring (bicyclic) bond motifs is 1. The number of hydrogen-bond donors (Lipinski definition) is 1. The van der Waals surface area contributed by atoms with Crippen LogP contribution >= 0.6 is 0 Å². The van der Waals surface area contributed by atoms with Crippen molar-refractivity contribution in [1.29, 1.82) is 5.26 Å².